The van der Waals surface area contributed by atoms with Crippen molar-refractivity contribution in [2.24, 2.45) is 0 Å². The number of piperidine rings is 1. The highest BCUT2D eigenvalue weighted by Crippen LogP contribution is 2.31. The van der Waals surface area contributed by atoms with Crippen molar-refractivity contribution in [2.75, 3.05) is 13.1 Å². The molecule has 2 aliphatic heterocycles. The van der Waals surface area contributed by atoms with Gasteiger partial charge < -0.3 is 9.88 Å². The number of nitrogens with one attached hydrogen (secondary N) is 1. The van der Waals surface area contributed by atoms with Gasteiger partial charge in [0.15, 0.2) is 0 Å². The van der Waals surface area contributed by atoms with E-state index < -0.39 is 0 Å². The Labute approximate surface area is 196 Å². The molecule has 1 amide bonds. The Morgan fingerprint density at radius 2 is 1.85 bits per heavy atom. The number of rotatable bonds is 4. The summed E-state index contributed by atoms with van der Waals surface area (Å²) < 4.78 is 0. The van der Waals surface area contributed by atoms with Gasteiger partial charge in [-0.3, -0.25) is 14.5 Å². The summed E-state index contributed by atoms with van der Waals surface area (Å²) in [4.78, 5) is 38.9. The minimum atomic E-state index is -0.140. The molecule has 1 saturated carbocycles. The third-order valence-electron chi connectivity index (χ3n) is 7.95. The summed E-state index contributed by atoms with van der Waals surface area (Å²) in [5, 5.41) is 0. The van der Waals surface area contributed by atoms with Crippen LogP contribution in [0.5, 0.6) is 0 Å². The van der Waals surface area contributed by atoms with E-state index in [1.807, 2.05) is 23.1 Å². The Bertz CT molecular complexity index is 1060. The molecule has 3 aliphatic rings. The molecule has 6 nitrogen and oxygen atoms in total. The number of hydrogen-bond donors (Lipinski definition) is 1. The molecule has 1 aromatic heterocycles. The standard InChI is InChI=1S/C27H36N4O2/c1-19-9-5-6-10-20(19)17-25(32)31-15-8-7-13-24(31)26-28-23-18-30(21-11-3-2-4-12-21)16-14-22(23)27(33)29-26/h5-6,9-10,21,24H,2-4,7-8,11-18H2,1H3,(H,28,29,33)/t24-/m0/s1. The number of fused-ring (bicyclic) bond motifs is 1. The van der Waals surface area contributed by atoms with Gasteiger partial charge in [-0.2, -0.15) is 0 Å². The molecule has 5 rings (SSSR count). The van der Waals surface area contributed by atoms with E-state index in [1.165, 1.54) is 32.1 Å². The monoisotopic (exact) mass is 448 g/mol. The van der Waals surface area contributed by atoms with Gasteiger partial charge in [-0.15, -0.1) is 0 Å². The van der Waals surface area contributed by atoms with Gasteiger partial charge in [-0.1, -0.05) is 43.5 Å². The number of hydrogen-bond acceptors (Lipinski definition) is 4. The Balaban J connectivity index is 1.38. The number of nitrogens with zero attached hydrogens (tertiary/aromatic N) is 3. The van der Waals surface area contributed by atoms with Gasteiger partial charge in [0.2, 0.25) is 5.91 Å². The lowest BCUT2D eigenvalue weighted by molar-refractivity contribution is -0.134. The predicted octanol–water partition coefficient (Wildman–Crippen LogP) is 4.07. The fourth-order valence-corrected chi connectivity index (χ4v) is 5.98. The summed E-state index contributed by atoms with van der Waals surface area (Å²) >= 11 is 0. The van der Waals surface area contributed by atoms with Gasteiger partial charge in [0.25, 0.3) is 5.56 Å². The van der Waals surface area contributed by atoms with E-state index in [4.69, 9.17) is 4.98 Å². The molecule has 1 saturated heterocycles. The molecule has 0 spiro atoms. The van der Waals surface area contributed by atoms with Crippen LogP contribution in [0.15, 0.2) is 29.1 Å². The molecule has 2 fully saturated rings. The molecular formula is C27H36N4O2. The molecular weight excluding hydrogens is 412 g/mol. The SMILES string of the molecule is Cc1ccccc1CC(=O)N1CCCC[C@H]1c1nc2c(c(=O)[nH]1)CCN(C1CCCCC1)C2. The topological polar surface area (TPSA) is 69.3 Å². The van der Waals surface area contributed by atoms with E-state index >= 15 is 0 Å². The van der Waals surface area contributed by atoms with Crippen LogP contribution in [-0.4, -0.2) is 44.8 Å². The third kappa shape index (κ3) is 4.77. The minimum Gasteiger partial charge on any atom is -0.332 e. The lowest BCUT2D eigenvalue weighted by Crippen LogP contribution is -2.44. The van der Waals surface area contributed by atoms with Crippen molar-refractivity contribution in [3.63, 3.8) is 0 Å². The fraction of sp³-hybridized carbons (Fsp3) is 0.593. The minimum absolute atomic E-state index is 0.00447. The second kappa shape index (κ2) is 9.80. The third-order valence-corrected chi connectivity index (χ3v) is 7.95. The van der Waals surface area contributed by atoms with Crippen molar-refractivity contribution in [3.8, 4) is 0 Å². The highest BCUT2D eigenvalue weighted by Gasteiger charge is 2.32. The van der Waals surface area contributed by atoms with Crippen LogP contribution in [0.2, 0.25) is 0 Å². The van der Waals surface area contributed by atoms with Crippen molar-refractivity contribution in [1.29, 1.82) is 0 Å². The molecule has 0 unspecified atom stereocenters. The van der Waals surface area contributed by atoms with Crippen LogP contribution in [0.3, 0.4) is 0 Å². The number of amides is 1. The first-order valence-electron chi connectivity index (χ1n) is 12.8. The van der Waals surface area contributed by atoms with Crippen LogP contribution in [0.1, 0.15) is 85.6 Å². The Morgan fingerprint density at radius 1 is 1.06 bits per heavy atom. The number of benzene rings is 1. The van der Waals surface area contributed by atoms with E-state index in [0.29, 0.717) is 18.3 Å². The van der Waals surface area contributed by atoms with Crippen LogP contribution >= 0.6 is 0 Å². The second-order valence-corrected chi connectivity index (χ2v) is 10.1. The van der Waals surface area contributed by atoms with Crippen molar-refractivity contribution < 1.29 is 4.79 Å². The lowest BCUT2D eigenvalue weighted by Gasteiger charge is -2.38. The molecule has 6 heteroatoms. The molecule has 33 heavy (non-hydrogen) atoms. The zero-order valence-electron chi connectivity index (χ0n) is 19.8. The Morgan fingerprint density at radius 3 is 2.67 bits per heavy atom. The number of aryl methyl sites for hydroxylation is 1. The van der Waals surface area contributed by atoms with Gasteiger partial charge in [0, 0.05) is 31.2 Å². The van der Waals surface area contributed by atoms with Crippen molar-refractivity contribution >= 4 is 5.91 Å². The van der Waals surface area contributed by atoms with Crippen molar-refractivity contribution in [2.45, 2.75) is 89.8 Å². The van der Waals surface area contributed by atoms with Crippen molar-refractivity contribution in [1.82, 2.24) is 19.8 Å². The van der Waals surface area contributed by atoms with Gasteiger partial charge in [-0.25, -0.2) is 4.98 Å². The average Bonchev–Trinajstić information content (AvgIpc) is 2.85. The van der Waals surface area contributed by atoms with E-state index in [0.717, 1.165) is 67.7 Å². The molecule has 176 valence electrons. The average molecular weight is 449 g/mol. The first-order valence-corrected chi connectivity index (χ1v) is 12.8. The molecule has 2 aromatic rings. The van der Waals surface area contributed by atoms with Crippen LogP contribution in [-0.2, 0) is 24.2 Å². The maximum absolute atomic E-state index is 13.3. The number of likely N-dealkylation sites (tertiary alicyclic amines) is 1. The lowest BCUT2D eigenvalue weighted by atomic mass is 9.92. The van der Waals surface area contributed by atoms with E-state index in [2.05, 4.69) is 22.9 Å². The maximum atomic E-state index is 13.3. The smallest absolute Gasteiger partial charge is 0.254 e. The highest BCUT2D eigenvalue weighted by atomic mass is 16.2. The molecule has 3 heterocycles. The van der Waals surface area contributed by atoms with Crippen LogP contribution < -0.4 is 5.56 Å². The molecule has 1 aliphatic carbocycles. The van der Waals surface area contributed by atoms with Gasteiger partial charge >= 0.3 is 0 Å². The van der Waals surface area contributed by atoms with E-state index in [9.17, 15) is 9.59 Å². The van der Waals surface area contributed by atoms with Gasteiger partial charge in [0.05, 0.1) is 18.2 Å². The van der Waals surface area contributed by atoms with E-state index in [1.54, 1.807) is 0 Å². The number of carbonyl (C=O) groups is 1. The summed E-state index contributed by atoms with van der Waals surface area (Å²) in [6.07, 6.45) is 10.6. The highest BCUT2D eigenvalue weighted by molar-refractivity contribution is 5.79. The number of aromatic nitrogens is 2. The zero-order valence-corrected chi connectivity index (χ0v) is 19.8. The number of H-pyrrole nitrogens is 1. The quantitative estimate of drug-likeness (QED) is 0.766. The largest absolute Gasteiger partial charge is 0.332 e. The Hall–Kier alpha value is -2.47. The molecule has 1 atom stereocenters. The summed E-state index contributed by atoms with van der Waals surface area (Å²) in [6, 6.07) is 8.56. The van der Waals surface area contributed by atoms with E-state index in [-0.39, 0.29) is 17.5 Å². The first kappa shape index (κ1) is 22.3. The summed E-state index contributed by atoms with van der Waals surface area (Å²) in [7, 11) is 0. The molecule has 1 aromatic carbocycles. The maximum Gasteiger partial charge on any atom is 0.254 e. The first-order chi connectivity index (χ1) is 16.1. The molecule has 0 radical (unpaired) electrons. The Kier molecular flexibility index (Phi) is 6.63. The van der Waals surface area contributed by atoms with Gasteiger partial charge in [0.1, 0.15) is 5.82 Å². The number of carbonyl (C=O) groups excluding carboxylic acids is 1. The molecule has 0 bridgehead atoms. The van der Waals surface area contributed by atoms with Gasteiger partial charge in [-0.05, 0) is 56.6 Å². The summed E-state index contributed by atoms with van der Waals surface area (Å²) in [6.45, 7) is 4.49. The zero-order chi connectivity index (χ0) is 22.8. The predicted molar refractivity (Wildman–Crippen MR) is 129 cm³/mol. The van der Waals surface area contributed by atoms with Crippen LogP contribution in [0, 0.1) is 6.92 Å². The van der Waals surface area contributed by atoms with Crippen LogP contribution in [0.25, 0.3) is 0 Å². The number of aromatic amines is 1. The summed E-state index contributed by atoms with van der Waals surface area (Å²) in [5.74, 6) is 0.806. The van der Waals surface area contributed by atoms with Crippen LogP contribution in [0.4, 0.5) is 0 Å². The fourth-order valence-electron chi connectivity index (χ4n) is 5.98. The summed E-state index contributed by atoms with van der Waals surface area (Å²) in [5.41, 5.74) is 3.99. The normalized spacial score (nSPS) is 22.2. The van der Waals surface area contributed by atoms with Crippen molar-refractivity contribution in [3.05, 3.63) is 62.8 Å². The second-order valence-electron chi connectivity index (χ2n) is 10.1. The molecule has 1 N–H and O–H groups in total.